The topological polar surface area (TPSA) is 51.2 Å². The van der Waals surface area contributed by atoms with Crippen molar-refractivity contribution in [2.24, 2.45) is 0 Å². The van der Waals surface area contributed by atoms with Crippen LogP contribution < -0.4 is 10.1 Å². The molecule has 0 amide bonds. The smallest absolute Gasteiger partial charge is 0.458 e. The average Bonchev–Trinajstić information content (AvgIpc) is 2.71. The number of benzene rings is 1. The Morgan fingerprint density at radius 1 is 1.03 bits per heavy atom. The Bertz CT molecular complexity index is 1040. The number of pyridine rings is 1. The van der Waals surface area contributed by atoms with E-state index in [1.165, 1.54) is 37.3 Å². The fourth-order valence-electron chi connectivity index (χ4n) is 3.07. The van der Waals surface area contributed by atoms with E-state index in [0.717, 1.165) is 0 Å². The minimum absolute atomic E-state index is 0.0344. The van der Waals surface area contributed by atoms with E-state index in [1.807, 2.05) is 0 Å². The van der Waals surface area contributed by atoms with Gasteiger partial charge in [-0.05, 0) is 13.8 Å². The number of nitrogens with one attached hydrogen (secondary N) is 1. The second kappa shape index (κ2) is 9.36. The highest BCUT2D eigenvalue weighted by Crippen LogP contribution is 2.53. The van der Waals surface area contributed by atoms with Crippen LogP contribution in [0.15, 0.2) is 42.1 Å². The molecule has 1 aromatic heterocycles. The van der Waals surface area contributed by atoms with Gasteiger partial charge in [0.05, 0.1) is 23.9 Å². The summed E-state index contributed by atoms with van der Waals surface area (Å²) in [6, 6.07) is 6.55. The highest BCUT2D eigenvalue weighted by molar-refractivity contribution is 6.10. The Balaban J connectivity index is 3.16. The Kier molecular flexibility index (Phi) is 7.39. The number of hydrogen-bond donors (Lipinski definition) is 1. The summed E-state index contributed by atoms with van der Waals surface area (Å²) in [4.78, 5) is 16.5. The number of ether oxygens (including phenoxy) is 1. The molecule has 33 heavy (non-hydrogen) atoms. The molecule has 1 aromatic carbocycles. The molecule has 1 heterocycles. The molecule has 180 valence electrons. The summed E-state index contributed by atoms with van der Waals surface area (Å²) in [6.07, 6.45) is -11.6. The third kappa shape index (κ3) is 5.25. The van der Waals surface area contributed by atoms with Crippen molar-refractivity contribution in [3.8, 4) is 17.1 Å². The van der Waals surface area contributed by atoms with Crippen molar-refractivity contribution >= 4 is 5.78 Å². The number of allylic oxidation sites excluding steroid dienone is 2. The molecular formula is C21H18F8N2O2. The molecule has 0 aliphatic heterocycles. The molecule has 0 aliphatic carbocycles. The van der Waals surface area contributed by atoms with Crippen LogP contribution in [0.1, 0.15) is 35.3 Å². The highest BCUT2D eigenvalue weighted by Gasteiger charge is 2.64. The molecule has 0 spiro atoms. The summed E-state index contributed by atoms with van der Waals surface area (Å²) in [5, 5.41) is 2.62. The first kappa shape index (κ1) is 26.1. The number of hydrogen-bond acceptors (Lipinski definition) is 4. The van der Waals surface area contributed by atoms with Gasteiger partial charge in [-0.1, -0.05) is 30.3 Å². The molecular weight excluding hydrogens is 464 g/mol. The molecule has 4 nitrogen and oxygen atoms in total. The average molecular weight is 482 g/mol. The molecule has 0 radical (unpaired) electrons. The first-order valence-corrected chi connectivity index (χ1v) is 9.32. The van der Waals surface area contributed by atoms with E-state index in [2.05, 4.69) is 15.0 Å². The number of methoxy groups -OCH3 is 1. The predicted molar refractivity (Wildman–Crippen MR) is 103 cm³/mol. The number of nitrogens with zero attached hydrogens (tertiary/aromatic N) is 1. The van der Waals surface area contributed by atoms with E-state index in [-0.39, 0.29) is 17.8 Å². The molecule has 0 saturated heterocycles. The Morgan fingerprint density at radius 3 is 2.06 bits per heavy atom. The monoisotopic (exact) mass is 482 g/mol. The lowest BCUT2D eigenvalue weighted by Gasteiger charge is -2.27. The maximum atomic E-state index is 14.7. The van der Waals surface area contributed by atoms with Gasteiger partial charge in [-0.25, -0.2) is 4.98 Å². The van der Waals surface area contributed by atoms with Gasteiger partial charge in [-0.2, -0.15) is 35.1 Å². The number of ketones is 1. The van der Waals surface area contributed by atoms with Gasteiger partial charge in [0.2, 0.25) is 5.88 Å². The second-order valence-corrected chi connectivity index (χ2v) is 6.75. The predicted octanol–water partition coefficient (Wildman–Crippen LogP) is 6.13. The number of aromatic nitrogens is 1. The lowest BCUT2D eigenvalue weighted by molar-refractivity contribution is -0.291. The Morgan fingerprint density at radius 2 is 1.61 bits per heavy atom. The van der Waals surface area contributed by atoms with Crippen LogP contribution in [0.4, 0.5) is 35.1 Å². The van der Waals surface area contributed by atoms with Crippen molar-refractivity contribution in [3.63, 3.8) is 0 Å². The fourth-order valence-corrected chi connectivity index (χ4v) is 3.07. The Labute approximate surface area is 183 Å². The van der Waals surface area contributed by atoms with Gasteiger partial charge in [-0.3, -0.25) is 4.79 Å². The van der Waals surface area contributed by atoms with E-state index in [0.29, 0.717) is 13.2 Å². The zero-order valence-electron chi connectivity index (χ0n) is 17.5. The lowest BCUT2D eigenvalue weighted by atomic mass is 9.89. The molecule has 0 aliphatic rings. The molecule has 0 saturated carbocycles. The number of halogens is 8. The van der Waals surface area contributed by atoms with Crippen LogP contribution in [0.3, 0.4) is 0 Å². The first-order chi connectivity index (χ1) is 15.2. The van der Waals surface area contributed by atoms with Crippen molar-refractivity contribution < 1.29 is 44.7 Å². The van der Waals surface area contributed by atoms with Crippen LogP contribution in [-0.4, -0.2) is 30.6 Å². The summed E-state index contributed by atoms with van der Waals surface area (Å²) >= 11 is 0. The van der Waals surface area contributed by atoms with Crippen LogP contribution in [0.2, 0.25) is 0 Å². The van der Waals surface area contributed by atoms with Gasteiger partial charge < -0.3 is 10.1 Å². The zero-order valence-corrected chi connectivity index (χ0v) is 17.5. The van der Waals surface area contributed by atoms with Gasteiger partial charge in [0.25, 0.3) is 0 Å². The molecule has 0 atom stereocenters. The SMILES string of the molecule is CCN/C(C)=C\C(=O)c1c(-c2ccccc2)nc(OC)c(C(F)(F)F)c1C(F)(F)C(F)(F)F. The number of rotatable bonds is 7. The second-order valence-electron chi connectivity index (χ2n) is 6.75. The van der Waals surface area contributed by atoms with Crippen molar-refractivity contribution in [3.05, 3.63) is 58.8 Å². The van der Waals surface area contributed by atoms with Crippen LogP contribution >= 0.6 is 0 Å². The molecule has 0 unspecified atom stereocenters. The van der Waals surface area contributed by atoms with E-state index in [1.54, 1.807) is 6.92 Å². The van der Waals surface area contributed by atoms with Crippen LogP contribution in [0.5, 0.6) is 5.88 Å². The van der Waals surface area contributed by atoms with Gasteiger partial charge in [0.1, 0.15) is 5.56 Å². The number of alkyl halides is 8. The van der Waals surface area contributed by atoms with Crippen molar-refractivity contribution in [1.82, 2.24) is 10.3 Å². The molecule has 2 rings (SSSR count). The normalized spacial score (nSPS) is 13.1. The number of carbonyl (C=O) groups excluding carboxylic acids is 1. The Hall–Kier alpha value is -3.18. The van der Waals surface area contributed by atoms with E-state index in [4.69, 9.17) is 0 Å². The van der Waals surface area contributed by atoms with E-state index >= 15 is 0 Å². The summed E-state index contributed by atoms with van der Waals surface area (Å²) in [5.41, 5.74) is -7.53. The van der Waals surface area contributed by atoms with Crippen LogP contribution in [0, 0.1) is 0 Å². The summed E-state index contributed by atoms with van der Waals surface area (Å²) in [7, 11) is 0.637. The zero-order chi connectivity index (χ0) is 25.2. The molecule has 1 N–H and O–H groups in total. The van der Waals surface area contributed by atoms with E-state index in [9.17, 15) is 39.9 Å². The van der Waals surface area contributed by atoms with Crippen LogP contribution in [-0.2, 0) is 12.1 Å². The number of carbonyl (C=O) groups is 1. The van der Waals surface area contributed by atoms with Gasteiger partial charge in [-0.15, -0.1) is 0 Å². The minimum Gasteiger partial charge on any atom is -0.481 e. The maximum Gasteiger partial charge on any atom is 0.458 e. The maximum absolute atomic E-state index is 14.7. The van der Waals surface area contributed by atoms with Crippen molar-refractivity contribution in [1.29, 1.82) is 0 Å². The third-order valence-electron chi connectivity index (χ3n) is 4.41. The summed E-state index contributed by atoms with van der Waals surface area (Å²) in [5.74, 6) is -9.11. The first-order valence-electron chi connectivity index (χ1n) is 9.32. The largest absolute Gasteiger partial charge is 0.481 e. The van der Waals surface area contributed by atoms with Crippen molar-refractivity contribution in [2.45, 2.75) is 32.1 Å². The van der Waals surface area contributed by atoms with Gasteiger partial charge in [0, 0.05) is 23.9 Å². The standard InChI is InChI=1S/C21H18F8N2O2/c1-4-30-11(2)10-13(32)14-15(19(22,23)21(27,28)29)16(20(24,25)26)18(33-3)31-17(14)12-8-6-5-7-9-12/h5-10,30H,4H2,1-3H3/b11-10-. The van der Waals surface area contributed by atoms with Crippen LogP contribution in [0.25, 0.3) is 11.3 Å². The quantitative estimate of drug-likeness (QED) is 0.293. The third-order valence-corrected chi connectivity index (χ3v) is 4.41. The van der Waals surface area contributed by atoms with Crippen molar-refractivity contribution in [2.75, 3.05) is 13.7 Å². The molecule has 0 bridgehead atoms. The van der Waals surface area contributed by atoms with Gasteiger partial charge in [0.15, 0.2) is 5.78 Å². The summed E-state index contributed by atoms with van der Waals surface area (Å²) < 4.78 is 115. The minimum atomic E-state index is -6.46. The molecule has 2 aromatic rings. The van der Waals surface area contributed by atoms with E-state index < -0.39 is 52.3 Å². The molecule has 0 fully saturated rings. The molecule has 12 heteroatoms. The highest BCUT2D eigenvalue weighted by atomic mass is 19.4. The summed E-state index contributed by atoms with van der Waals surface area (Å²) in [6.45, 7) is 3.16. The lowest BCUT2D eigenvalue weighted by Crippen LogP contribution is -2.38. The fraction of sp³-hybridized carbons (Fsp3) is 0.333. The van der Waals surface area contributed by atoms with Gasteiger partial charge >= 0.3 is 18.3 Å².